The molecule has 0 atom stereocenters. The zero-order valence-corrected chi connectivity index (χ0v) is 15.9. The molecule has 0 fully saturated rings. The lowest BCUT2D eigenvalue weighted by molar-refractivity contribution is 0.102. The van der Waals surface area contributed by atoms with Crippen molar-refractivity contribution in [3.8, 4) is 0 Å². The molecule has 0 unspecified atom stereocenters. The predicted molar refractivity (Wildman–Crippen MR) is 107 cm³/mol. The van der Waals surface area contributed by atoms with E-state index in [4.69, 9.17) is 0 Å². The van der Waals surface area contributed by atoms with Crippen LogP contribution in [0.25, 0.3) is 0 Å². The van der Waals surface area contributed by atoms with Crippen LogP contribution in [0.15, 0.2) is 54.7 Å². The second-order valence-electron chi connectivity index (χ2n) is 6.42. The smallest absolute Gasteiger partial charge is 0.274 e. The molecule has 1 heterocycles. The Morgan fingerprint density at radius 1 is 1.00 bits per heavy atom. The Labute approximate surface area is 166 Å². The molecule has 0 saturated heterocycles. The Balaban J connectivity index is 1.80. The van der Waals surface area contributed by atoms with Gasteiger partial charge >= 0.3 is 0 Å². The van der Waals surface area contributed by atoms with Gasteiger partial charge < -0.3 is 10.6 Å². The van der Waals surface area contributed by atoms with Crippen LogP contribution in [0.3, 0.4) is 0 Å². The topological polar surface area (TPSA) is 71.1 Å². The normalized spacial score (nSPS) is 10.5. The number of aromatic nitrogens is 1. The van der Waals surface area contributed by atoms with Crippen molar-refractivity contribution in [3.63, 3.8) is 0 Å². The third-order valence-corrected chi connectivity index (χ3v) is 4.41. The summed E-state index contributed by atoms with van der Waals surface area (Å²) in [6.45, 7) is 3.89. The number of hydrogen-bond donors (Lipinski definition) is 2. The first kappa shape index (κ1) is 20.1. The van der Waals surface area contributed by atoms with E-state index in [0.29, 0.717) is 6.07 Å². The van der Waals surface area contributed by atoms with E-state index in [2.05, 4.69) is 15.6 Å². The van der Waals surface area contributed by atoms with Gasteiger partial charge in [-0.05, 0) is 48.7 Å². The molecule has 7 heteroatoms. The maximum Gasteiger partial charge on any atom is 0.274 e. The fourth-order valence-corrected chi connectivity index (χ4v) is 2.86. The van der Waals surface area contributed by atoms with Gasteiger partial charge in [0.1, 0.15) is 17.3 Å². The standard InChI is InChI=1S/C22H19F2N3O2/c1-3-14-6-4-5-13(2)20(14)27-21(28)15-9-10-25-19(11-15)22(29)26-18-8-7-16(23)12-17(18)24/h4-12H,3H2,1-2H3,(H,26,29)(H,27,28). The molecular weight excluding hydrogens is 376 g/mol. The van der Waals surface area contributed by atoms with Crippen molar-refractivity contribution in [1.82, 2.24) is 4.98 Å². The van der Waals surface area contributed by atoms with Crippen LogP contribution in [0, 0.1) is 18.6 Å². The highest BCUT2D eigenvalue weighted by atomic mass is 19.1. The van der Waals surface area contributed by atoms with E-state index in [-0.39, 0.29) is 16.9 Å². The summed E-state index contributed by atoms with van der Waals surface area (Å²) in [6.07, 6.45) is 2.08. The largest absolute Gasteiger partial charge is 0.321 e. The first-order valence-corrected chi connectivity index (χ1v) is 9.01. The number of para-hydroxylation sites is 1. The number of anilines is 2. The van der Waals surface area contributed by atoms with E-state index in [1.165, 1.54) is 18.3 Å². The summed E-state index contributed by atoms with van der Waals surface area (Å²) in [7, 11) is 0. The van der Waals surface area contributed by atoms with E-state index in [1.54, 1.807) is 0 Å². The Morgan fingerprint density at radius 3 is 2.52 bits per heavy atom. The number of amides is 2. The number of aryl methyl sites for hydroxylation is 2. The molecule has 29 heavy (non-hydrogen) atoms. The van der Waals surface area contributed by atoms with Crippen LogP contribution in [0.4, 0.5) is 20.2 Å². The molecule has 148 valence electrons. The highest BCUT2D eigenvalue weighted by Crippen LogP contribution is 2.22. The van der Waals surface area contributed by atoms with Crippen LogP contribution in [-0.4, -0.2) is 16.8 Å². The van der Waals surface area contributed by atoms with Crippen molar-refractivity contribution in [2.24, 2.45) is 0 Å². The first-order valence-electron chi connectivity index (χ1n) is 9.01. The molecule has 0 spiro atoms. The van der Waals surface area contributed by atoms with Gasteiger partial charge in [0.15, 0.2) is 0 Å². The summed E-state index contributed by atoms with van der Waals surface area (Å²) in [5, 5.41) is 5.20. The molecule has 0 aliphatic rings. The summed E-state index contributed by atoms with van der Waals surface area (Å²) >= 11 is 0. The molecule has 2 N–H and O–H groups in total. The maximum absolute atomic E-state index is 13.7. The van der Waals surface area contributed by atoms with Crippen molar-refractivity contribution in [2.75, 3.05) is 10.6 Å². The van der Waals surface area contributed by atoms with Crippen molar-refractivity contribution >= 4 is 23.2 Å². The first-order chi connectivity index (χ1) is 13.9. The minimum Gasteiger partial charge on any atom is -0.321 e. The van der Waals surface area contributed by atoms with Crippen molar-refractivity contribution in [3.05, 3.63) is 88.7 Å². The number of carbonyl (C=O) groups excluding carboxylic acids is 2. The summed E-state index contributed by atoms with van der Waals surface area (Å²) in [5.41, 5.74) is 2.64. The summed E-state index contributed by atoms with van der Waals surface area (Å²) < 4.78 is 26.7. The van der Waals surface area contributed by atoms with E-state index in [0.717, 1.165) is 35.4 Å². The Morgan fingerprint density at radius 2 is 1.79 bits per heavy atom. The number of carbonyl (C=O) groups is 2. The van der Waals surface area contributed by atoms with Gasteiger partial charge in [0, 0.05) is 23.5 Å². The fraction of sp³-hybridized carbons (Fsp3) is 0.136. The minimum atomic E-state index is -0.904. The van der Waals surface area contributed by atoms with Crippen LogP contribution in [0.2, 0.25) is 0 Å². The highest BCUT2D eigenvalue weighted by molar-refractivity contribution is 6.08. The number of hydrogen-bond acceptors (Lipinski definition) is 3. The highest BCUT2D eigenvalue weighted by Gasteiger charge is 2.15. The van der Waals surface area contributed by atoms with Crippen LogP contribution in [0.1, 0.15) is 38.9 Å². The van der Waals surface area contributed by atoms with Gasteiger partial charge in [-0.1, -0.05) is 25.1 Å². The second kappa shape index (κ2) is 8.60. The summed E-state index contributed by atoms with van der Waals surface area (Å²) in [4.78, 5) is 29.0. The molecule has 3 rings (SSSR count). The quantitative estimate of drug-likeness (QED) is 0.656. The molecule has 0 saturated carbocycles. The van der Waals surface area contributed by atoms with Crippen LogP contribution in [-0.2, 0) is 6.42 Å². The van der Waals surface area contributed by atoms with Crippen molar-refractivity contribution in [2.45, 2.75) is 20.3 Å². The Kier molecular flexibility index (Phi) is 5.97. The predicted octanol–water partition coefficient (Wildman–Crippen LogP) is 4.74. The average molecular weight is 395 g/mol. The molecule has 3 aromatic rings. The molecule has 0 bridgehead atoms. The average Bonchev–Trinajstić information content (AvgIpc) is 2.71. The molecule has 0 aliphatic carbocycles. The van der Waals surface area contributed by atoms with E-state index >= 15 is 0 Å². The molecule has 0 aliphatic heterocycles. The Hall–Kier alpha value is -3.61. The lowest BCUT2D eigenvalue weighted by Gasteiger charge is -2.13. The molecule has 2 amide bonds. The molecule has 1 aromatic heterocycles. The SMILES string of the molecule is CCc1cccc(C)c1NC(=O)c1ccnc(C(=O)Nc2ccc(F)cc2F)c1. The van der Waals surface area contributed by atoms with Gasteiger partial charge in [-0.3, -0.25) is 14.6 Å². The van der Waals surface area contributed by atoms with Gasteiger partial charge in [-0.15, -0.1) is 0 Å². The lowest BCUT2D eigenvalue weighted by Crippen LogP contribution is -2.18. The summed E-state index contributed by atoms with van der Waals surface area (Å²) in [5.74, 6) is -2.76. The lowest BCUT2D eigenvalue weighted by atomic mass is 10.1. The number of nitrogens with one attached hydrogen (secondary N) is 2. The zero-order valence-electron chi connectivity index (χ0n) is 15.9. The number of benzene rings is 2. The third kappa shape index (κ3) is 4.63. The van der Waals surface area contributed by atoms with Gasteiger partial charge in [0.05, 0.1) is 5.69 Å². The molecular formula is C22H19F2N3O2. The molecule has 2 aromatic carbocycles. The molecule has 5 nitrogen and oxygen atoms in total. The Bertz CT molecular complexity index is 1080. The number of nitrogens with zero attached hydrogens (tertiary/aromatic N) is 1. The van der Waals surface area contributed by atoms with Gasteiger partial charge in [0.2, 0.25) is 0 Å². The zero-order chi connectivity index (χ0) is 21.0. The summed E-state index contributed by atoms with van der Waals surface area (Å²) in [6, 6.07) is 11.4. The van der Waals surface area contributed by atoms with Gasteiger partial charge in [-0.2, -0.15) is 0 Å². The number of pyridine rings is 1. The van der Waals surface area contributed by atoms with E-state index in [9.17, 15) is 18.4 Å². The third-order valence-electron chi connectivity index (χ3n) is 4.41. The number of rotatable bonds is 5. The minimum absolute atomic E-state index is 0.0677. The van der Waals surface area contributed by atoms with Crippen LogP contribution >= 0.6 is 0 Å². The van der Waals surface area contributed by atoms with E-state index < -0.39 is 23.4 Å². The van der Waals surface area contributed by atoms with Crippen LogP contribution in [0.5, 0.6) is 0 Å². The maximum atomic E-state index is 13.7. The molecule has 0 radical (unpaired) electrons. The van der Waals surface area contributed by atoms with Gasteiger partial charge in [-0.25, -0.2) is 8.78 Å². The van der Waals surface area contributed by atoms with Crippen molar-refractivity contribution in [1.29, 1.82) is 0 Å². The van der Waals surface area contributed by atoms with E-state index in [1.807, 2.05) is 32.0 Å². The van der Waals surface area contributed by atoms with Crippen molar-refractivity contribution < 1.29 is 18.4 Å². The van der Waals surface area contributed by atoms with Gasteiger partial charge in [0.25, 0.3) is 11.8 Å². The number of halogens is 2. The van der Waals surface area contributed by atoms with Crippen LogP contribution < -0.4 is 10.6 Å². The monoisotopic (exact) mass is 395 g/mol. The fourth-order valence-electron chi connectivity index (χ4n) is 2.86. The second-order valence-corrected chi connectivity index (χ2v) is 6.42.